The van der Waals surface area contributed by atoms with Gasteiger partial charge in [0.1, 0.15) is 17.3 Å². The summed E-state index contributed by atoms with van der Waals surface area (Å²) in [6, 6.07) is 3.39. The minimum absolute atomic E-state index is 0.0270. The molecule has 0 aromatic heterocycles. The van der Waals surface area contributed by atoms with Crippen LogP contribution in [0.15, 0.2) is 18.2 Å². The first-order valence-corrected chi connectivity index (χ1v) is 6.73. The number of carbonyl (C=O) groups excluding carboxylic acids is 2. The highest BCUT2D eigenvalue weighted by molar-refractivity contribution is 5.92. The number of hydrogen-bond acceptors (Lipinski definition) is 3. The number of primary amides is 1. The molecule has 21 heavy (non-hydrogen) atoms. The lowest BCUT2D eigenvalue weighted by molar-refractivity contribution is -0.123. The van der Waals surface area contributed by atoms with Crippen LogP contribution >= 0.6 is 0 Å². The Kier molecular flexibility index (Phi) is 4.85. The number of hydrogen-bond donors (Lipinski definition) is 2. The number of nitrogens with two attached hydrogens (primary N) is 1. The number of amides is 2. The fourth-order valence-electron chi connectivity index (χ4n) is 2.37. The number of rotatable bonds is 4. The van der Waals surface area contributed by atoms with Crippen molar-refractivity contribution in [3.05, 3.63) is 29.8 Å². The molecule has 1 heterocycles. The van der Waals surface area contributed by atoms with Crippen LogP contribution in [0.4, 0.5) is 14.5 Å². The average molecular weight is 297 g/mol. The zero-order valence-electron chi connectivity index (χ0n) is 11.4. The van der Waals surface area contributed by atoms with Crippen LogP contribution in [0.25, 0.3) is 0 Å². The Balaban J connectivity index is 1.87. The van der Waals surface area contributed by atoms with Crippen molar-refractivity contribution >= 4 is 17.5 Å². The van der Waals surface area contributed by atoms with Crippen LogP contribution in [0.2, 0.25) is 0 Å². The second-order valence-corrected chi connectivity index (χ2v) is 5.10. The molecule has 1 saturated heterocycles. The van der Waals surface area contributed by atoms with Gasteiger partial charge in [-0.05, 0) is 38.1 Å². The fourth-order valence-corrected chi connectivity index (χ4v) is 2.37. The van der Waals surface area contributed by atoms with Crippen molar-refractivity contribution < 1.29 is 18.4 Å². The van der Waals surface area contributed by atoms with Gasteiger partial charge in [-0.1, -0.05) is 6.07 Å². The highest BCUT2D eigenvalue weighted by Gasteiger charge is 2.24. The summed E-state index contributed by atoms with van der Waals surface area (Å²) in [6.45, 7) is 1.14. The van der Waals surface area contributed by atoms with Crippen molar-refractivity contribution in [2.45, 2.75) is 12.8 Å². The van der Waals surface area contributed by atoms with E-state index in [1.807, 2.05) is 4.90 Å². The lowest BCUT2D eigenvalue weighted by atomic mass is 9.96. The fraction of sp³-hybridized carbons (Fsp3) is 0.429. The van der Waals surface area contributed by atoms with E-state index in [0.717, 1.165) is 12.1 Å². The Hall–Kier alpha value is -2.02. The van der Waals surface area contributed by atoms with Crippen LogP contribution in [0.3, 0.4) is 0 Å². The summed E-state index contributed by atoms with van der Waals surface area (Å²) in [7, 11) is 0. The monoisotopic (exact) mass is 297 g/mol. The Bertz CT molecular complexity index is 523. The average Bonchev–Trinajstić information content (AvgIpc) is 2.43. The molecule has 1 aromatic carbocycles. The summed E-state index contributed by atoms with van der Waals surface area (Å²) < 4.78 is 26.8. The van der Waals surface area contributed by atoms with E-state index in [9.17, 15) is 18.4 Å². The first kappa shape index (κ1) is 15.4. The van der Waals surface area contributed by atoms with Gasteiger partial charge in [-0.25, -0.2) is 8.78 Å². The number of carbonyl (C=O) groups is 2. The van der Waals surface area contributed by atoms with Gasteiger partial charge in [0.15, 0.2) is 0 Å². The van der Waals surface area contributed by atoms with Gasteiger partial charge >= 0.3 is 0 Å². The highest BCUT2D eigenvalue weighted by atomic mass is 19.1. The maximum atomic E-state index is 13.4. The molecule has 5 nitrogen and oxygen atoms in total. The summed E-state index contributed by atoms with van der Waals surface area (Å²) in [4.78, 5) is 24.7. The predicted molar refractivity (Wildman–Crippen MR) is 73.3 cm³/mol. The first-order valence-electron chi connectivity index (χ1n) is 6.73. The Morgan fingerprint density at radius 2 is 1.81 bits per heavy atom. The van der Waals surface area contributed by atoms with E-state index >= 15 is 0 Å². The van der Waals surface area contributed by atoms with Crippen LogP contribution in [-0.4, -0.2) is 36.3 Å². The normalized spacial score (nSPS) is 16.7. The number of halogens is 2. The summed E-state index contributed by atoms with van der Waals surface area (Å²) in [5.74, 6) is -2.59. The van der Waals surface area contributed by atoms with Crippen LogP contribution in [0.1, 0.15) is 12.8 Å². The Labute approximate surface area is 121 Å². The molecular formula is C14H17F2N3O2. The number of likely N-dealkylation sites (tertiary alicyclic amines) is 1. The molecule has 2 amide bonds. The molecule has 3 N–H and O–H groups in total. The van der Waals surface area contributed by atoms with Gasteiger partial charge in [0, 0.05) is 5.92 Å². The molecule has 114 valence electrons. The summed E-state index contributed by atoms with van der Waals surface area (Å²) in [6.07, 6.45) is 1.19. The molecule has 1 aromatic rings. The lowest BCUT2D eigenvalue weighted by Crippen LogP contribution is -2.42. The molecule has 1 aliphatic rings. The van der Waals surface area contributed by atoms with Crippen molar-refractivity contribution in [3.8, 4) is 0 Å². The maximum Gasteiger partial charge on any atom is 0.238 e. The summed E-state index contributed by atoms with van der Waals surface area (Å²) in [5.41, 5.74) is 4.79. The van der Waals surface area contributed by atoms with Crippen LogP contribution < -0.4 is 11.1 Å². The molecular weight excluding hydrogens is 280 g/mol. The second-order valence-electron chi connectivity index (χ2n) is 5.10. The third-order valence-corrected chi connectivity index (χ3v) is 3.58. The standard InChI is InChI=1S/C14H17F2N3O2/c15-10-2-1-3-11(16)13(10)18-12(20)8-19-6-4-9(5-7-19)14(17)21/h1-3,9H,4-8H2,(H2,17,21)(H,18,20). The molecule has 0 bridgehead atoms. The third kappa shape index (κ3) is 3.98. The van der Waals surface area contributed by atoms with E-state index in [4.69, 9.17) is 5.73 Å². The number of nitrogens with zero attached hydrogens (tertiary/aromatic N) is 1. The van der Waals surface area contributed by atoms with E-state index in [0.29, 0.717) is 25.9 Å². The number of benzene rings is 1. The van der Waals surface area contributed by atoms with Crippen molar-refractivity contribution in [2.24, 2.45) is 11.7 Å². The smallest absolute Gasteiger partial charge is 0.238 e. The molecule has 7 heteroatoms. The van der Waals surface area contributed by atoms with Crippen molar-refractivity contribution in [2.75, 3.05) is 25.0 Å². The molecule has 2 rings (SSSR count). The second kappa shape index (κ2) is 6.62. The molecule has 0 radical (unpaired) electrons. The Morgan fingerprint density at radius 1 is 1.24 bits per heavy atom. The van der Waals surface area contributed by atoms with Crippen molar-refractivity contribution in [1.29, 1.82) is 0 Å². The first-order chi connectivity index (χ1) is 9.97. The van der Waals surface area contributed by atoms with E-state index < -0.39 is 23.2 Å². The number of anilines is 1. The van der Waals surface area contributed by atoms with E-state index in [2.05, 4.69) is 5.32 Å². The van der Waals surface area contributed by atoms with Crippen molar-refractivity contribution in [3.63, 3.8) is 0 Å². The van der Waals surface area contributed by atoms with E-state index in [1.54, 1.807) is 0 Å². The lowest BCUT2D eigenvalue weighted by Gasteiger charge is -2.29. The molecule has 1 fully saturated rings. The number of para-hydroxylation sites is 1. The third-order valence-electron chi connectivity index (χ3n) is 3.58. The van der Waals surface area contributed by atoms with E-state index in [-0.39, 0.29) is 18.4 Å². The zero-order valence-corrected chi connectivity index (χ0v) is 11.4. The van der Waals surface area contributed by atoms with Gasteiger partial charge in [-0.15, -0.1) is 0 Å². The molecule has 0 saturated carbocycles. The zero-order chi connectivity index (χ0) is 15.4. The van der Waals surface area contributed by atoms with Gasteiger partial charge in [0.25, 0.3) is 0 Å². The van der Waals surface area contributed by atoms with Crippen LogP contribution in [0.5, 0.6) is 0 Å². The van der Waals surface area contributed by atoms with Crippen molar-refractivity contribution in [1.82, 2.24) is 4.90 Å². The number of nitrogens with one attached hydrogen (secondary N) is 1. The van der Waals surface area contributed by atoms with Gasteiger partial charge in [0.05, 0.1) is 6.54 Å². The summed E-state index contributed by atoms with van der Waals surface area (Å²) >= 11 is 0. The molecule has 0 spiro atoms. The minimum Gasteiger partial charge on any atom is -0.369 e. The Morgan fingerprint density at radius 3 is 2.33 bits per heavy atom. The van der Waals surface area contributed by atoms with E-state index in [1.165, 1.54) is 6.07 Å². The SMILES string of the molecule is NC(=O)C1CCN(CC(=O)Nc2c(F)cccc2F)CC1. The minimum atomic E-state index is -0.809. The van der Waals surface area contributed by atoms with Gasteiger partial charge < -0.3 is 11.1 Å². The molecule has 0 unspecified atom stereocenters. The van der Waals surface area contributed by atoms with Gasteiger partial charge in [-0.2, -0.15) is 0 Å². The van der Waals surface area contributed by atoms with Gasteiger partial charge in [0.2, 0.25) is 11.8 Å². The molecule has 0 aliphatic carbocycles. The maximum absolute atomic E-state index is 13.4. The predicted octanol–water partition coefficient (Wildman–Crippen LogP) is 1.10. The topological polar surface area (TPSA) is 75.4 Å². The van der Waals surface area contributed by atoms with Crippen LogP contribution in [0, 0.1) is 17.6 Å². The highest BCUT2D eigenvalue weighted by Crippen LogP contribution is 2.19. The molecule has 0 atom stereocenters. The summed E-state index contributed by atoms with van der Waals surface area (Å²) in [5, 5.41) is 2.24. The van der Waals surface area contributed by atoms with Crippen LogP contribution in [-0.2, 0) is 9.59 Å². The largest absolute Gasteiger partial charge is 0.369 e. The van der Waals surface area contributed by atoms with Gasteiger partial charge in [-0.3, -0.25) is 14.5 Å². The quantitative estimate of drug-likeness (QED) is 0.874. The number of piperidine rings is 1. The molecule has 1 aliphatic heterocycles.